The Morgan fingerprint density at radius 2 is 2.03 bits per heavy atom. The zero-order valence-corrected chi connectivity index (χ0v) is 18.6. The first kappa shape index (κ1) is 21.8. The number of amidine groups is 1. The van der Waals surface area contributed by atoms with E-state index in [0.717, 1.165) is 5.56 Å². The highest BCUT2D eigenvalue weighted by Crippen LogP contribution is 2.35. The van der Waals surface area contributed by atoms with Crippen LogP contribution in [0.15, 0.2) is 57.1 Å². The molecule has 156 valence electrons. The van der Waals surface area contributed by atoms with Gasteiger partial charge in [-0.2, -0.15) is 5.10 Å². The van der Waals surface area contributed by atoms with E-state index in [1.165, 1.54) is 18.0 Å². The van der Waals surface area contributed by atoms with Gasteiger partial charge in [0.25, 0.3) is 0 Å². The van der Waals surface area contributed by atoms with Crippen molar-refractivity contribution in [1.82, 2.24) is 5.32 Å². The zero-order chi connectivity index (χ0) is 21.5. The number of ether oxygens (including phenoxy) is 2. The molecule has 2 aromatic carbocycles. The number of amides is 2. The second-order valence-electron chi connectivity index (χ2n) is 6.10. The van der Waals surface area contributed by atoms with Crippen molar-refractivity contribution in [3.8, 4) is 11.5 Å². The second kappa shape index (κ2) is 10.3. The Balaban J connectivity index is 1.60. The van der Waals surface area contributed by atoms with Gasteiger partial charge in [-0.1, -0.05) is 30.0 Å². The van der Waals surface area contributed by atoms with Crippen LogP contribution >= 0.6 is 27.7 Å². The van der Waals surface area contributed by atoms with Gasteiger partial charge >= 0.3 is 0 Å². The van der Waals surface area contributed by atoms with Crippen molar-refractivity contribution < 1.29 is 19.1 Å². The SMILES string of the molecule is COc1cc(/C=N/N=C2\NC(=O)C(CC(=O)Nc3ccccc3)S2)cc(Br)c1OC. The molecule has 1 atom stereocenters. The van der Waals surface area contributed by atoms with Crippen molar-refractivity contribution in [3.05, 3.63) is 52.5 Å². The molecule has 1 unspecified atom stereocenters. The Labute approximate surface area is 186 Å². The zero-order valence-electron chi connectivity index (χ0n) is 16.2. The third kappa shape index (κ3) is 5.61. The molecule has 2 aromatic rings. The molecule has 30 heavy (non-hydrogen) atoms. The maximum Gasteiger partial charge on any atom is 0.240 e. The minimum absolute atomic E-state index is 0.0384. The van der Waals surface area contributed by atoms with Crippen LogP contribution in [0, 0.1) is 0 Å². The van der Waals surface area contributed by atoms with E-state index in [0.29, 0.717) is 26.8 Å². The summed E-state index contributed by atoms with van der Waals surface area (Å²) in [6.45, 7) is 0. The Hall–Kier alpha value is -2.85. The summed E-state index contributed by atoms with van der Waals surface area (Å²) >= 11 is 4.59. The number of nitrogens with one attached hydrogen (secondary N) is 2. The molecule has 1 aliphatic heterocycles. The number of anilines is 1. The smallest absolute Gasteiger partial charge is 0.240 e. The van der Waals surface area contributed by atoms with Gasteiger partial charge in [0.2, 0.25) is 11.8 Å². The normalized spacial score (nSPS) is 17.2. The highest BCUT2D eigenvalue weighted by molar-refractivity contribution is 9.10. The Morgan fingerprint density at radius 1 is 1.27 bits per heavy atom. The van der Waals surface area contributed by atoms with Crippen LogP contribution in [0.5, 0.6) is 11.5 Å². The van der Waals surface area contributed by atoms with Crippen molar-refractivity contribution in [2.75, 3.05) is 19.5 Å². The summed E-state index contributed by atoms with van der Waals surface area (Å²) < 4.78 is 11.3. The number of methoxy groups -OCH3 is 2. The average molecular weight is 491 g/mol. The fraction of sp³-hybridized carbons (Fsp3) is 0.200. The average Bonchev–Trinajstić information content (AvgIpc) is 3.07. The summed E-state index contributed by atoms with van der Waals surface area (Å²) in [7, 11) is 3.10. The maximum atomic E-state index is 12.2. The fourth-order valence-corrected chi connectivity index (χ4v) is 4.19. The summed E-state index contributed by atoms with van der Waals surface area (Å²) in [5, 5.41) is 13.2. The lowest BCUT2D eigenvalue weighted by Crippen LogP contribution is -2.28. The molecule has 0 spiro atoms. The van der Waals surface area contributed by atoms with Crippen molar-refractivity contribution in [3.63, 3.8) is 0 Å². The Morgan fingerprint density at radius 3 is 2.73 bits per heavy atom. The number of para-hydroxylation sites is 1. The van der Waals surface area contributed by atoms with Gasteiger partial charge in [0.1, 0.15) is 5.25 Å². The molecule has 10 heteroatoms. The van der Waals surface area contributed by atoms with E-state index < -0.39 is 5.25 Å². The predicted molar refractivity (Wildman–Crippen MR) is 121 cm³/mol. The van der Waals surface area contributed by atoms with Gasteiger partial charge < -0.3 is 20.1 Å². The van der Waals surface area contributed by atoms with E-state index >= 15 is 0 Å². The van der Waals surface area contributed by atoms with Crippen molar-refractivity contribution in [2.45, 2.75) is 11.7 Å². The Kier molecular flexibility index (Phi) is 7.47. The van der Waals surface area contributed by atoms with Crippen molar-refractivity contribution in [2.24, 2.45) is 10.2 Å². The van der Waals surface area contributed by atoms with Crippen LogP contribution in [0.2, 0.25) is 0 Å². The van der Waals surface area contributed by atoms with Crippen LogP contribution in [0.1, 0.15) is 12.0 Å². The van der Waals surface area contributed by atoms with Gasteiger partial charge in [0.05, 0.1) is 24.9 Å². The molecule has 8 nitrogen and oxygen atoms in total. The van der Waals surface area contributed by atoms with Crippen LogP contribution in [-0.4, -0.2) is 42.7 Å². The molecule has 0 aliphatic carbocycles. The molecule has 2 N–H and O–H groups in total. The van der Waals surface area contributed by atoms with E-state index in [4.69, 9.17) is 9.47 Å². The van der Waals surface area contributed by atoms with Gasteiger partial charge in [0, 0.05) is 12.1 Å². The molecule has 0 radical (unpaired) electrons. The number of hydrogen-bond acceptors (Lipinski definition) is 7. The molecular weight excluding hydrogens is 472 g/mol. The van der Waals surface area contributed by atoms with E-state index in [1.54, 1.807) is 32.4 Å². The second-order valence-corrected chi connectivity index (χ2v) is 8.15. The molecule has 1 aliphatic rings. The third-order valence-electron chi connectivity index (χ3n) is 4.02. The van der Waals surface area contributed by atoms with E-state index in [-0.39, 0.29) is 18.2 Å². The fourth-order valence-electron chi connectivity index (χ4n) is 2.65. The van der Waals surface area contributed by atoms with Gasteiger partial charge in [-0.3, -0.25) is 9.59 Å². The first-order valence-corrected chi connectivity index (χ1v) is 10.5. The monoisotopic (exact) mass is 490 g/mol. The first-order chi connectivity index (χ1) is 14.5. The highest BCUT2D eigenvalue weighted by atomic mass is 79.9. The van der Waals surface area contributed by atoms with Crippen molar-refractivity contribution >= 4 is 56.6 Å². The van der Waals surface area contributed by atoms with Crippen LogP contribution in [0.25, 0.3) is 0 Å². The number of thioether (sulfide) groups is 1. The van der Waals surface area contributed by atoms with Gasteiger partial charge in [0.15, 0.2) is 16.7 Å². The molecule has 1 saturated heterocycles. The maximum absolute atomic E-state index is 12.2. The first-order valence-electron chi connectivity index (χ1n) is 8.85. The Bertz CT molecular complexity index is 998. The largest absolute Gasteiger partial charge is 0.493 e. The van der Waals surface area contributed by atoms with E-state index in [2.05, 4.69) is 36.8 Å². The lowest BCUT2D eigenvalue weighted by atomic mass is 10.2. The topological polar surface area (TPSA) is 101 Å². The molecule has 0 saturated carbocycles. The quantitative estimate of drug-likeness (QED) is 0.457. The van der Waals surface area contributed by atoms with Crippen LogP contribution in [-0.2, 0) is 9.59 Å². The minimum Gasteiger partial charge on any atom is -0.493 e. The van der Waals surface area contributed by atoms with Gasteiger partial charge in [-0.15, -0.1) is 5.10 Å². The van der Waals surface area contributed by atoms with Crippen LogP contribution < -0.4 is 20.1 Å². The summed E-state index contributed by atoms with van der Waals surface area (Å²) in [6.07, 6.45) is 1.57. The number of benzene rings is 2. The number of carbonyl (C=O) groups is 2. The molecule has 0 aromatic heterocycles. The number of rotatable bonds is 7. The van der Waals surface area contributed by atoms with Crippen LogP contribution in [0.4, 0.5) is 5.69 Å². The summed E-state index contributed by atoms with van der Waals surface area (Å²) in [5.41, 5.74) is 1.42. The van der Waals surface area contributed by atoms with Gasteiger partial charge in [-0.05, 0) is 45.8 Å². The summed E-state index contributed by atoms with van der Waals surface area (Å²) in [5.74, 6) is 0.616. The predicted octanol–water partition coefficient (Wildman–Crippen LogP) is 3.42. The van der Waals surface area contributed by atoms with Crippen molar-refractivity contribution in [1.29, 1.82) is 0 Å². The van der Waals surface area contributed by atoms with Gasteiger partial charge in [-0.25, -0.2) is 0 Å². The number of hydrogen-bond donors (Lipinski definition) is 2. The molecule has 0 bridgehead atoms. The van der Waals surface area contributed by atoms with Crippen LogP contribution in [0.3, 0.4) is 0 Å². The number of nitrogens with zero attached hydrogens (tertiary/aromatic N) is 2. The lowest BCUT2D eigenvalue weighted by molar-refractivity contribution is -0.122. The van der Waals surface area contributed by atoms with E-state index in [9.17, 15) is 9.59 Å². The third-order valence-corrected chi connectivity index (χ3v) is 5.68. The standard InChI is InChI=1S/C20H19BrN4O4S/c1-28-15-9-12(8-14(21)18(15)29-2)11-22-25-20-24-19(27)16(30-20)10-17(26)23-13-6-4-3-5-7-13/h3-9,11,16H,10H2,1-2H3,(H,23,26)(H,24,25,27)/b22-11+. The molecule has 1 heterocycles. The lowest BCUT2D eigenvalue weighted by Gasteiger charge is -2.09. The molecule has 1 fully saturated rings. The summed E-state index contributed by atoms with van der Waals surface area (Å²) in [6, 6.07) is 12.6. The number of halogens is 1. The minimum atomic E-state index is -0.558. The molecule has 2 amide bonds. The number of carbonyl (C=O) groups excluding carboxylic acids is 2. The molecular formula is C20H19BrN4O4S. The highest BCUT2D eigenvalue weighted by Gasteiger charge is 2.32. The summed E-state index contributed by atoms with van der Waals surface area (Å²) in [4.78, 5) is 24.3. The molecule has 3 rings (SSSR count). The van der Waals surface area contributed by atoms with E-state index in [1.807, 2.05) is 24.3 Å².